The summed E-state index contributed by atoms with van der Waals surface area (Å²) in [6, 6.07) is 4.50. The minimum Gasteiger partial charge on any atom is -0.480 e. The predicted octanol–water partition coefficient (Wildman–Crippen LogP) is 3.20. The maximum atomic E-state index is 12.5. The first-order valence-corrected chi connectivity index (χ1v) is 6.93. The molecule has 1 N–H and O–H groups in total. The summed E-state index contributed by atoms with van der Waals surface area (Å²) in [6.07, 6.45) is -4.34. The SMILES string of the molecule is CC(C(=O)O)N(C)CCSc1cccc(C(F)(F)F)c1. The van der Waals surface area contributed by atoms with Gasteiger partial charge in [0.1, 0.15) is 6.04 Å². The Bertz CT molecular complexity index is 465. The molecule has 1 atom stereocenters. The number of nitrogens with zero attached hydrogens (tertiary/aromatic N) is 1. The lowest BCUT2D eigenvalue weighted by Gasteiger charge is -2.20. The molecule has 0 bridgehead atoms. The summed E-state index contributed by atoms with van der Waals surface area (Å²) in [5.74, 6) is -0.397. The van der Waals surface area contributed by atoms with E-state index in [1.54, 1.807) is 24.9 Å². The lowest BCUT2D eigenvalue weighted by molar-refractivity contribution is -0.142. The zero-order chi connectivity index (χ0) is 15.3. The van der Waals surface area contributed by atoms with Crippen molar-refractivity contribution in [2.24, 2.45) is 0 Å². The molecule has 1 rings (SSSR count). The molecule has 0 fully saturated rings. The molecule has 0 saturated heterocycles. The van der Waals surface area contributed by atoms with Gasteiger partial charge in [0, 0.05) is 17.2 Å². The predicted molar refractivity (Wildman–Crippen MR) is 71.9 cm³/mol. The Morgan fingerprint density at radius 1 is 1.45 bits per heavy atom. The second-order valence-electron chi connectivity index (χ2n) is 4.37. The third-order valence-corrected chi connectivity index (χ3v) is 3.87. The van der Waals surface area contributed by atoms with Gasteiger partial charge in [0.15, 0.2) is 0 Å². The first-order valence-electron chi connectivity index (χ1n) is 5.95. The van der Waals surface area contributed by atoms with Crippen LogP contribution in [-0.2, 0) is 11.0 Å². The summed E-state index contributed by atoms with van der Waals surface area (Å²) < 4.78 is 37.6. The van der Waals surface area contributed by atoms with Gasteiger partial charge in [-0.25, -0.2) is 0 Å². The highest BCUT2D eigenvalue weighted by Crippen LogP contribution is 2.31. The van der Waals surface area contributed by atoms with Gasteiger partial charge in [0.25, 0.3) is 0 Å². The van der Waals surface area contributed by atoms with Gasteiger partial charge in [-0.1, -0.05) is 6.07 Å². The van der Waals surface area contributed by atoms with E-state index in [9.17, 15) is 18.0 Å². The van der Waals surface area contributed by atoms with E-state index in [1.165, 1.54) is 17.8 Å². The van der Waals surface area contributed by atoms with Crippen molar-refractivity contribution in [3.8, 4) is 0 Å². The van der Waals surface area contributed by atoms with E-state index in [4.69, 9.17) is 5.11 Å². The third kappa shape index (κ3) is 5.05. The summed E-state index contributed by atoms with van der Waals surface area (Å²) in [6.45, 7) is 2.05. The summed E-state index contributed by atoms with van der Waals surface area (Å²) in [4.78, 5) is 12.9. The van der Waals surface area contributed by atoms with E-state index < -0.39 is 23.8 Å². The average Bonchev–Trinajstić information content (AvgIpc) is 2.37. The molecule has 7 heteroatoms. The van der Waals surface area contributed by atoms with E-state index in [0.717, 1.165) is 12.1 Å². The lowest BCUT2D eigenvalue weighted by atomic mass is 10.2. The fraction of sp³-hybridized carbons (Fsp3) is 0.462. The zero-order valence-corrected chi connectivity index (χ0v) is 12.0. The summed E-state index contributed by atoms with van der Waals surface area (Å²) in [5, 5.41) is 8.82. The quantitative estimate of drug-likeness (QED) is 0.819. The van der Waals surface area contributed by atoms with Gasteiger partial charge < -0.3 is 5.11 Å². The van der Waals surface area contributed by atoms with Crippen LogP contribution in [0.1, 0.15) is 12.5 Å². The fourth-order valence-electron chi connectivity index (χ4n) is 1.45. The van der Waals surface area contributed by atoms with Gasteiger partial charge in [-0.3, -0.25) is 9.69 Å². The molecule has 0 heterocycles. The Balaban J connectivity index is 2.53. The van der Waals surface area contributed by atoms with Gasteiger partial charge in [-0.05, 0) is 32.2 Å². The number of carboxylic acid groups (broad SMARTS) is 1. The van der Waals surface area contributed by atoms with Crippen LogP contribution in [0.5, 0.6) is 0 Å². The molecule has 1 unspecified atom stereocenters. The van der Waals surface area contributed by atoms with Crippen molar-refractivity contribution in [1.82, 2.24) is 4.90 Å². The molecule has 0 spiro atoms. The number of hydrogen-bond acceptors (Lipinski definition) is 3. The third-order valence-electron chi connectivity index (χ3n) is 2.89. The monoisotopic (exact) mass is 307 g/mol. The highest BCUT2D eigenvalue weighted by atomic mass is 32.2. The van der Waals surface area contributed by atoms with Crippen LogP contribution < -0.4 is 0 Å². The normalized spacial score (nSPS) is 13.5. The number of alkyl halides is 3. The molecular formula is C13H16F3NO2S. The van der Waals surface area contributed by atoms with E-state index >= 15 is 0 Å². The highest BCUT2D eigenvalue weighted by molar-refractivity contribution is 7.99. The Hall–Kier alpha value is -1.21. The molecule has 1 aromatic carbocycles. The molecular weight excluding hydrogens is 291 g/mol. The Labute approximate surface area is 119 Å². The molecule has 0 aliphatic heterocycles. The van der Waals surface area contributed by atoms with Crippen LogP contribution in [0.25, 0.3) is 0 Å². The van der Waals surface area contributed by atoms with Crippen LogP contribution >= 0.6 is 11.8 Å². The van der Waals surface area contributed by atoms with Crippen LogP contribution in [0.15, 0.2) is 29.2 Å². The minimum absolute atomic E-state index is 0.481. The molecule has 0 saturated carbocycles. The van der Waals surface area contributed by atoms with Gasteiger partial charge in [-0.2, -0.15) is 13.2 Å². The first kappa shape index (κ1) is 16.8. The zero-order valence-electron chi connectivity index (χ0n) is 11.1. The number of carbonyl (C=O) groups is 1. The summed E-state index contributed by atoms with van der Waals surface area (Å²) in [7, 11) is 1.67. The first-order chi connectivity index (χ1) is 9.21. The molecule has 0 radical (unpaired) electrons. The topological polar surface area (TPSA) is 40.5 Å². The van der Waals surface area contributed by atoms with Crippen LogP contribution in [0.3, 0.4) is 0 Å². The van der Waals surface area contributed by atoms with Crippen molar-refractivity contribution >= 4 is 17.7 Å². The molecule has 0 amide bonds. The van der Waals surface area contributed by atoms with E-state index in [-0.39, 0.29) is 0 Å². The largest absolute Gasteiger partial charge is 0.480 e. The fourth-order valence-corrected chi connectivity index (χ4v) is 2.45. The maximum Gasteiger partial charge on any atom is 0.416 e. The van der Waals surface area contributed by atoms with Gasteiger partial charge in [0.2, 0.25) is 0 Å². The number of thioether (sulfide) groups is 1. The van der Waals surface area contributed by atoms with Crippen molar-refractivity contribution in [3.05, 3.63) is 29.8 Å². The number of halogens is 3. The highest BCUT2D eigenvalue weighted by Gasteiger charge is 2.30. The van der Waals surface area contributed by atoms with E-state index in [1.807, 2.05) is 0 Å². The Morgan fingerprint density at radius 3 is 2.65 bits per heavy atom. The summed E-state index contributed by atoms with van der Waals surface area (Å²) in [5.41, 5.74) is -0.672. The molecule has 1 aromatic rings. The second kappa shape index (κ2) is 6.99. The number of benzene rings is 1. The van der Waals surface area contributed by atoms with Crippen LogP contribution in [0.2, 0.25) is 0 Å². The molecule has 0 aliphatic carbocycles. The van der Waals surface area contributed by atoms with Gasteiger partial charge in [-0.15, -0.1) is 11.8 Å². The van der Waals surface area contributed by atoms with Crippen molar-refractivity contribution in [1.29, 1.82) is 0 Å². The standard InChI is InChI=1S/C13H16F3NO2S/c1-9(12(18)19)17(2)6-7-20-11-5-3-4-10(8-11)13(14,15)16/h3-5,8-9H,6-7H2,1-2H3,(H,18,19). The molecule has 112 valence electrons. The van der Waals surface area contributed by atoms with Crippen molar-refractivity contribution in [3.63, 3.8) is 0 Å². The smallest absolute Gasteiger partial charge is 0.416 e. The number of rotatable bonds is 6. The number of carboxylic acids is 1. The van der Waals surface area contributed by atoms with Crippen molar-refractivity contribution < 1.29 is 23.1 Å². The van der Waals surface area contributed by atoms with Crippen LogP contribution in [0, 0.1) is 0 Å². The van der Waals surface area contributed by atoms with Gasteiger partial charge in [0.05, 0.1) is 5.56 Å². The van der Waals surface area contributed by atoms with E-state index in [0.29, 0.717) is 17.2 Å². The van der Waals surface area contributed by atoms with Crippen molar-refractivity contribution in [2.75, 3.05) is 19.3 Å². The van der Waals surface area contributed by atoms with Crippen LogP contribution in [0.4, 0.5) is 13.2 Å². The summed E-state index contributed by atoms with van der Waals surface area (Å²) >= 11 is 1.27. The second-order valence-corrected chi connectivity index (χ2v) is 5.54. The number of likely N-dealkylation sites (N-methyl/N-ethyl adjacent to an activating group) is 1. The maximum absolute atomic E-state index is 12.5. The van der Waals surface area contributed by atoms with Crippen LogP contribution in [-0.4, -0.2) is 41.4 Å². The van der Waals surface area contributed by atoms with E-state index in [2.05, 4.69) is 0 Å². The molecule has 0 aromatic heterocycles. The number of aliphatic carboxylic acids is 1. The number of hydrogen-bond donors (Lipinski definition) is 1. The Kier molecular flexibility index (Phi) is 5.88. The molecule has 20 heavy (non-hydrogen) atoms. The molecule has 3 nitrogen and oxygen atoms in total. The molecule has 0 aliphatic rings. The van der Waals surface area contributed by atoms with Gasteiger partial charge >= 0.3 is 12.1 Å². The lowest BCUT2D eigenvalue weighted by Crippen LogP contribution is -2.37. The Morgan fingerprint density at radius 2 is 2.10 bits per heavy atom. The average molecular weight is 307 g/mol. The van der Waals surface area contributed by atoms with Crippen molar-refractivity contribution in [2.45, 2.75) is 24.0 Å². The minimum atomic E-state index is -4.34.